The molecule has 78 valence electrons. The van der Waals surface area contributed by atoms with Crippen LogP contribution in [0.25, 0.3) is 0 Å². The molecule has 0 unspecified atom stereocenters. The number of furan rings is 1. The first-order chi connectivity index (χ1) is 6.50. The topological polar surface area (TPSA) is 22.4 Å². The zero-order valence-electron chi connectivity index (χ0n) is 7.38. The first-order valence-corrected chi connectivity index (χ1v) is 3.98. The first kappa shape index (κ1) is 10.9. The summed E-state index contributed by atoms with van der Waals surface area (Å²) in [6, 6.07) is 3.27. The van der Waals surface area contributed by atoms with E-state index in [2.05, 4.69) is 6.58 Å². The van der Waals surface area contributed by atoms with Crippen molar-refractivity contribution in [2.75, 3.05) is 6.61 Å². The summed E-state index contributed by atoms with van der Waals surface area (Å²) < 4.78 is 45.6. The zero-order valence-corrected chi connectivity index (χ0v) is 7.38. The second kappa shape index (κ2) is 4.37. The third-order valence-corrected chi connectivity index (χ3v) is 1.57. The average Bonchev–Trinajstić information content (AvgIpc) is 2.55. The van der Waals surface area contributed by atoms with Crippen LogP contribution in [-0.4, -0.2) is 13.6 Å². The van der Waals surface area contributed by atoms with Crippen LogP contribution in [0.15, 0.2) is 34.9 Å². The molecular weight excluding hydrogens is 196 g/mol. The van der Waals surface area contributed by atoms with Gasteiger partial charge in [-0.3, -0.25) is 0 Å². The number of ether oxygens (including phenoxy) is 1. The molecule has 1 aromatic heterocycles. The predicted molar refractivity (Wildman–Crippen MR) is 46.6 cm³/mol. The highest BCUT2D eigenvalue weighted by molar-refractivity contribution is 6.66. The highest BCUT2D eigenvalue weighted by Crippen LogP contribution is 2.18. The Morgan fingerprint density at radius 1 is 1.50 bits per heavy atom. The molecule has 0 amide bonds. The minimum absolute atomic E-state index is 0.0260. The maximum Gasteiger partial charge on any atom is 0.507 e. The molecule has 0 aromatic carbocycles. The standard InChI is InChI=1S/C8H9BF3O2/c1-7(9(10,11)12)5-13-6-8-3-2-4-14-8/h2-4H,1,5-6H2/q-1. The molecule has 0 aliphatic carbocycles. The molecule has 1 heterocycles. The normalized spacial score (nSPS) is 11.6. The maximum absolute atomic E-state index is 12.0. The summed E-state index contributed by atoms with van der Waals surface area (Å²) in [5.41, 5.74) is -0.837. The number of hydrogen-bond donors (Lipinski definition) is 0. The molecule has 0 spiro atoms. The fourth-order valence-electron chi connectivity index (χ4n) is 0.772. The van der Waals surface area contributed by atoms with Gasteiger partial charge in [0.1, 0.15) is 12.4 Å². The van der Waals surface area contributed by atoms with Gasteiger partial charge in [-0.25, -0.2) is 0 Å². The van der Waals surface area contributed by atoms with Crippen LogP contribution in [0, 0.1) is 0 Å². The molecule has 0 saturated heterocycles. The van der Waals surface area contributed by atoms with Gasteiger partial charge in [0.2, 0.25) is 0 Å². The van der Waals surface area contributed by atoms with Crippen LogP contribution >= 0.6 is 0 Å². The van der Waals surface area contributed by atoms with Crippen LogP contribution in [0.4, 0.5) is 12.9 Å². The van der Waals surface area contributed by atoms with E-state index in [1.165, 1.54) is 6.26 Å². The predicted octanol–water partition coefficient (Wildman–Crippen LogP) is 2.74. The van der Waals surface area contributed by atoms with Crippen LogP contribution in [0.2, 0.25) is 0 Å². The van der Waals surface area contributed by atoms with Gasteiger partial charge in [0, 0.05) is 6.61 Å². The monoisotopic (exact) mass is 205 g/mol. The largest absolute Gasteiger partial charge is 0.507 e. The fourth-order valence-corrected chi connectivity index (χ4v) is 0.772. The molecule has 14 heavy (non-hydrogen) atoms. The molecule has 0 aliphatic heterocycles. The van der Waals surface area contributed by atoms with E-state index in [9.17, 15) is 12.9 Å². The molecule has 6 heteroatoms. The van der Waals surface area contributed by atoms with Gasteiger partial charge in [-0.15, -0.1) is 12.1 Å². The van der Waals surface area contributed by atoms with Crippen molar-refractivity contribution < 1.29 is 22.1 Å². The summed E-state index contributed by atoms with van der Waals surface area (Å²) in [6.45, 7) is -2.58. The Labute approximate surface area is 79.4 Å². The van der Waals surface area contributed by atoms with Crippen molar-refractivity contribution in [1.82, 2.24) is 0 Å². The number of rotatable bonds is 5. The summed E-state index contributed by atoms with van der Waals surface area (Å²) in [5.74, 6) is 0.493. The molecule has 0 atom stereocenters. The van der Waals surface area contributed by atoms with Gasteiger partial charge in [0.05, 0.1) is 6.26 Å². The average molecular weight is 205 g/mol. The number of halogens is 3. The van der Waals surface area contributed by atoms with E-state index in [4.69, 9.17) is 9.15 Å². The molecular formula is C8H9BF3O2-. The molecule has 2 nitrogen and oxygen atoms in total. The Balaban J connectivity index is 2.26. The third kappa shape index (κ3) is 3.29. The van der Waals surface area contributed by atoms with Crippen molar-refractivity contribution in [2.24, 2.45) is 0 Å². The molecule has 0 aliphatic rings. The molecule has 1 aromatic rings. The Bertz CT molecular complexity index is 292. The summed E-state index contributed by atoms with van der Waals surface area (Å²) in [5, 5.41) is 0. The highest BCUT2D eigenvalue weighted by Gasteiger charge is 2.26. The van der Waals surface area contributed by atoms with Crippen molar-refractivity contribution >= 4 is 6.98 Å². The summed E-state index contributed by atoms with van der Waals surface area (Å²) in [4.78, 5) is 0. The van der Waals surface area contributed by atoms with E-state index in [1.54, 1.807) is 12.1 Å². The molecule has 0 bridgehead atoms. The first-order valence-electron chi connectivity index (χ1n) is 3.98. The van der Waals surface area contributed by atoms with Crippen LogP contribution < -0.4 is 0 Å². The maximum atomic E-state index is 12.0. The Hall–Kier alpha value is -1.17. The highest BCUT2D eigenvalue weighted by atomic mass is 19.4. The Kier molecular flexibility index (Phi) is 3.40. The van der Waals surface area contributed by atoms with Gasteiger partial charge in [-0.2, -0.15) is 0 Å². The Morgan fingerprint density at radius 2 is 2.21 bits per heavy atom. The SMILES string of the molecule is C=C(COCc1ccco1)[B-](F)(F)F. The van der Waals surface area contributed by atoms with E-state index >= 15 is 0 Å². The van der Waals surface area contributed by atoms with Crippen LogP contribution in [0.5, 0.6) is 0 Å². The van der Waals surface area contributed by atoms with Crippen molar-refractivity contribution in [3.8, 4) is 0 Å². The van der Waals surface area contributed by atoms with Gasteiger partial charge in [-0.05, 0) is 12.1 Å². The van der Waals surface area contributed by atoms with Gasteiger partial charge in [-0.1, -0.05) is 0 Å². The minimum Gasteiger partial charge on any atom is -0.467 e. The second-order valence-electron chi connectivity index (χ2n) is 2.81. The van der Waals surface area contributed by atoms with Crippen molar-refractivity contribution in [1.29, 1.82) is 0 Å². The lowest BCUT2D eigenvalue weighted by atomic mass is 9.81. The summed E-state index contributed by atoms with van der Waals surface area (Å²) in [7, 11) is 0. The van der Waals surface area contributed by atoms with Crippen LogP contribution in [0.3, 0.4) is 0 Å². The summed E-state index contributed by atoms with van der Waals surface area (Å²) in [6.07, 6.45) is 1.43. The van der Waals surface area contributed by atoms with E-state index < -0.39 is 19.1 Å². The lowest BCUT2D eigenvalue weighted by molar-refractivity contribution is 0.127. The second-order valence-corrected chi connectivity index (χ2v) is 2.81. The van der Waals surface area contributed by atoms with E-state index in [0.29, 0.717) is 5.76 Å². The van der Waals surface area contributed by atoms with E-state index in [-0.39, 0.29) is 6.61 Å². The Morgan fingerprint density at radius 3 is 2.71 bits per heavy atom. The van der Waals surface area contributed by atoms with Gasteiger partial charge >= 0.3 is 6.98 Å². The van der Waals surface area contributed by atoms with Crippen molar-refractivity contribution in [3.05, 3.63) is 36.2 Å². The smallest absolute Gasteiger partial charge is 0.467 e. The van der Waals surface area contributed by atoms with E-state index in [1.807, 2.05) is 0 Å². The molecule has 0 fully saturated rings. The fraction of sp³-hybridized carbons (Fsp3) is 0.250. The quantitative estimate of drug-likeness (QED) is 0.689. The van der Waals surface area contributed by atoms with Gasteiger partial charge in [0.15, 0.2) is 0 Å². The third-order valence-electron chi connectivity index (χ3n) is 1.57. The summed E-state index contributed by atoms with van der Waals surface area (Å²) >= 11 is 0. The van der Waals surface area contributed by atoms with E-state index in [0.717, 1.165) is 0 Å². The van der Waals surface area contributed by atoms with Gasteiger partial charge in [0.25, 0.3) is 0 Å². The van der Waals surface area contributed by atoms with Gasteiger partial charge < -0.3 is 22.1 Å². The lowest BCUT2D eigenvalue weighted by Crippen LogP contribution is -2.22. The van der Waals surface area contributed by atoms with Crippen LogP contribution in [0.1, 0.15) is 5.76 Å². The number of hydrogen-bond acceptors (Lipinski definition) is 2. The minimum atomic E-state index is -4.99. The van der Waals surface area contributed by atoms with Crippen LogP contribution in [-0.2, 0) is 11.3 Å². The molecule has 1 rings (SSSR count). The zero-order chi connectivity index (χ0) is 10.6. The van der Waals surface area contributed by atoms with Crippen molar-refractivity contribution in [2.45, 2.75) is 6.61 Å². The lowest BCUT2D eigenvalue weighted by Gasteiger charge is -2.17. The van der Waals surface area contributed by atoms with Crippen molar-refractivity contribution in [3.63, 3.8) is 0 Å². The molecule has 0 saturated carbocycles. The molecule has 0 radical (unpaired) electrons. The molecule has 0 N–H and O–H groups in total.